The van der Waals surface area contributed by atoms with E-state index in [9.17, 15) is 13.6 Å². The lowest BCUT2D eigenvalue weighted by Gasteiger charge is -2.25. The van der Waals surface area contributed by atoms with E-state index < -0.39 is 6.61 Å². The molecule has 5 heteroatoms. The molecule has 24 heavy (non-hydrogen) atoms. The predicted octanol–water partition coefficient (Wildman–Crippen LogP) is 4.14. The van der Waals surface area contributed by atoms with Gasteiger partial charge in [-0.2, -0.15) is 8.78 Å². The average Bonchev–Trinajstić information content (AvgIpc) is 3.03. The Morgan fingerprint density at radius 3 is 2.50 bits per heavy atom. The van der Waals surface area contributed by atoms with Gasteiger partial charge in [0.2, 0.25) is 0 Å². The molecule has 0 saturated carbocycles. The lowest BCUT2D eigenvalue weighted by Crippen LogP contribution is -2.36. The first-order valence-corrected chi connectivity index (χ1v) is 8.03. The molecule has 126 valence electrons. The van der Waals surface area contributed by atoms with Gasteiger partial charge in [-0.05, 0) is 49.1 Å². The highest BCUT2D eigenvalue weighted by molar-refractivity contribution is 5.94. The molecule has 1 fully saturated rings. The lowest BCUT2D eigenvalue weighted by molar-refractivity contribution is -0.0498. The summed E-state index contributed by atoms with van der Waals surface area (Å²) in [7, 11) is 0. The van der Waals surface area contributed by atoms with Crippen molar-refractivity contribution >= 4 is 5.91 Å². The number of carbonyl (C=O) groups excluding carboxylic acids is 1. The van der Waals surface area contributed by atoms with Crippen molar-refractivity contribution in [2.75, 3.05) is 6.54 Å². The second-order valence-corrected chi connectivity index (χ2v) is 5.89. The van der Waals surface area contributed by atoms with Gasteiger partial charge < -0.3 is 9.64 Å². The fourth-order valence-electron chi connectivity index (χ4n) is 3.15. The number of alkyl halides is 2. The van der Waals surface area contributed by atoms with E-state index in [2.05, 4.69) is 16.9 Å². The molecule has 3 nitrogen and oxygen atoms in total. The van der Waals surface area contributed by atoms with Crippen LogP contribution in [0, 0.1) is 0 Å². The number of rotatable bonds is 5. The van der Waals surface area contributed by atoms with E-state index in [1.165, 1.54) is 29.8 Å². The van der Waals surface area contributed by atoms with Gasteiger partial charge in [0.15, 0.2) is 0 Å². The smallest absolute Gasteiger partial charge is 0.387 e. The van der Waals surface area contributed by atoms with Crippen molar-refractivity contribution in [1.29, 1.82) is 0 Å². The zero-order chi connectivity index (χ0) is 16.9. The van der Waals surface area contributed by atoms with Gasteiger partial charge in [0.05, 0.1) is 0 Å². The minimum Gasteiger partial charge on any atom is -0.435 e. The van der Waals surface area contributed by atoms with Gasteiger partial charge in [-0.3, -0.25) is 4.79 Å². The van der Waals surface area contributed by atoms with Gasteiger partial charge >= 0.3 is 6.61 Å². The van der Waals surface area contributed by atoms with Gasteiger partial charge in [-0.1, -0.05) is 30.3 Å². The summed E-state index contributed by atoms with van der Waals surface area (Å²) in [6, 6.07) is 16.2. The molecular weight excluding hydrogens is 312 g/mol. The Hall–Kier alpha value is -2.43. The first kappa shape index (κ1) is 16.4. The van der Waals surface area contributed by atoms with Crippen LogP contribution in [0.3, 0.4) is 0 Å². The van der Waals surface area contributed by atoms with Crippen molar-refractivity contribution in [3.8, 4) is 5.75 Å². The maximum absolute atomic E-state index is 12.7. The van der Waals surface area contributed by atoms with Crippen LogP contribution in [0.1, 0.15) is 28.8 Å². The van der Waals surface area contributed by atoms with Crippen molar-refractivity contribution < 1.29 is 18.3 Å². The number of likely N-dealkylation sites (tertiary alicyclic amines) is 1. The highest BCUT2D eigenvalue weighted by Gasteiger charge is 2.29. The van der Waals surface area contributed by atoms with Crippen molar-refractivity contribution in [3.63, 3.8) is 0 Å². The first-order chi connectivity index (χ1) is 11.6. The molecule has 1 amide bonds. The zero-order valence-corrected chi connectivity index (χ0v) is 13.2. The zero-order valence-electron chi connectivity index (χ0n) is 13.2. The Labute approximate surface area is 139 Å². The topological polar surface area (TPSA) is 29.5 Å². The van der Waals surface area contributed by atoms with Crippen LogP contribution in [0.2, 0.25) is 0 Å². The van der Waals surface area contributed by atoms with Gasteiger partial charge in [0.25, 0.3) is 5.91 Å². The number of hydrogen-bond donors (Lipinski definition) is 0. The van der Waals surface area contributed by atoms with Crippen LogP contribution in [0.5, 0.6) is 5.75 Å². The quantitative estimate of drug-likeness (QED) is 0.824. The third-order valence-electron chi connectivity index (χ3n) is 4.28. The van der Waals surface area contributed by atoms with E-state index in [1.807, 2.05) is 23.1 Å². The standard InChI is InChI=1S/C19H19F2NO2/c20-19(21)24-17-10-8-15(9-11-17)18(23)22-12-4-7-16(22)13-14-5-2-1-3-6-14/h1-3,5-6,8-11,16,19H,4,7,12-13H2. The Morgan fingerprint density at radius 2 is 1.83 bits per heavy atom. The number of nitrogens with zero attached hydrogens (tertiary/aromatic N) is 1. The van der Waals surface area contributed by atoms with Crippen molar-refractivity contribution in [2.24, 2.45) is 0 Å². The molecule has 0 spiro atoms. The van der Waals surface area contributed by atoms with E-state index in [1.54, 1.807) is 0 Å². The molecule has 1 atom stereocenters. The molecule has 3 rings (SSSR count). The summed E-state index contributed by atoms with van der Waals surface area (Å²) in [5.74, 6) is 0.000774. The number of carbonyl (C=O) groups is 1. The predicted molar refractivity (Wildman–Crippen MR) is 87.3 cm³/mol. The molecule has 1 aliphatic rings. The van der Waals surface area contributed by atoms with Crippen LogP contribution in [0.4, 0.5) is 8.78 Å². The summed E-state index contributed by atoms with van der Waals surface area (Å²) < 4.78 is 28.7. The third kappa shape index (κ3) is 3.91. The monoisotopic (exact) mass is 331 g/mol. The van der Waals surface area contributed by atoms with Crippen molar-refractivity contribution in [3.05, 3.63) is 65.7 Å². The fourth-order valence-corrected chi connectivity index (χ4v) is 3.15. The summed E-state index contributed by atoms with van der Waals surface area (Å²) in [5.41, 5.74) is 1.71. The SMILES string of the molecule is O=C(c1ccc(OC(F)F)cc1)N1CCCC1Cc1ccccc1. The maximum atomic E-state index is 12.7. The normalized spacial score (nSPS) is 17.3. The van der Waals surface area contributed by atoms with Gasteiger partial charge in [-0.15, -0.1) is 0 Å². The fraction of sp³-hybridized carbons (Fsp3) is 0.316. The van der Waals surface area contributed by atoms with Crippen molar-refractivity contribution in [2.45, 2.75) is 31.9 Å². The largest absolute Gasteiger partial charge is 0.435 e. The Kier molecular flexibility index (Phi) is 5.08. The minimum absolute atomic E-state index is 0.0583. The van der Waals surface area contributed by atoms with E-state index in [-0.39, 0.29) is 17.7 Å². The molecule has 2 aromatic rings. The van der Waals surface area contributed by atoms with E-state index in [4.69, 9.17) is 0 Å². The van der Waals surface area contributed by atoms with Gasteiger partial charge in [0.1, 0.15) is 5.75 Å². The van der Waals surface area contributed by atoms with E-state index >= 15 is 0 Å². The number of halogens is 2. The van der Waals surface area contributed by atoms with Crippen LogP contribution < -0.4 is 4.74 Å². The van der Waals surface area contributed by atoms with Gasteiger partial charge in [0, 0.05) is 18.2 Å². The second-order valence-electron chi connectivity index (χ2n) is 5.89. The van der Waals surface area contributed by atoms with Crippen molar-refractivity contribution in [1.82, 2.24) is 4.90 Å². The minimum atomic E-state index is -2.86. The summed E-state index contributed by atoms with van der Waals surface area (Å²) in [6.45, 7) is -2.13. The highest BCUT2D eigenvalue weighted by Crippen LogP contribution is 2.24. The summed E-state index contributed by atoms with van der Waals surface area (Å²) in [6.07, 6.45) is 2.79. The first-order valence-electron chi connectivity index (χ1n) is 8.03. The van der Waals surface area contributed by atoms with Crippen LogP contribution in [-0.4, -0.2) is 30.0 Å². The number of benzene rings is 2. The van der Waals surface area contributed by atoms with Gasteiger partial charge in [-0.25, -0.2) is 0 Å². The average molecular weight is 331 g/mol. The Balaban J connectivity index is 1.69. The van der Waals surface area contributed by atoms with E-state index in [0.717, 1.165) is 25.8 Å². The molecule has 2 aromatic carbocycles. The summed E-state index contributed by atoms with van der Waals surface area (Å²) in [4.78, 5) is 14.6. The molecule has 1 heterocycles. The summed E-state index contributed by atoms with van der Waals surface area (Å²) >= 11 is 0. The molecule has 1 aliphatic heterocycles. The Morgan fingerprint density at radius 1 is 1.12 bits per heavy atom. The number of amides is 1. The number of ether oxygens (including phenoxy) is 1. The molecular formula is C19H19F2NO2. The maximum Gasteiger partial charge on any atom is 0.387 e. The Bertz CT molecular complexity index is 674. The molecule has 0 bridgehead atoms. The molecule has 0 radical (unpaired) electrons. The highest BCUT2D eigenvalue weighted by atomic mass is 19.3. The molecule has 0 aliphatic carbocycles. The lowest BCUT2D eigenvalue weighted by atomic mass is 10.0. The molecule has 0 N–H and O–H groups in total. The third-order valence-corrected chi connectivity index (χ3v) is 4.28. The number of hydrogen-bond acceptors (Lipinski definition) is 2. The molecule has 0 aromatic heterocycles. The van der Waals surface area contributed by atoms with Crippen LogP contribution in [0.25, 0.3) is 0 Å². The molecule has 1 unspecified atom stereocenters. The van der Waals surface area contributed by atoms with Crippen LogP contribution >= 0.6 is 0 Å². The summed E-state index contributed by atoms with van der Waals surface area (Å²) in [5, 5.41) is 0. The second kappa shape index (κ2) is 7.43. The van der Waals surface area contributed by atoms with E-state index in [0.29, 0.717) is 5.56 Å². The van der Waals surface area contributed by atoms with Crippen LogP contribution in [0.15, 0.2) is 54.6 Å². The molecule has 1 saturated heterocycles. The van der Waals surface area contributed by atoms with Crippen LogP contribution in [-0.2, 0) is 6.42 Å².